The van der Waals surface area contributed by atoms with Crippen LogP contribution in [0.15, 0.2) is 12.1 Å². The standard InChI is InChI=1S/C13H14Cl2N2O3/c1-6-2-8(3-6)16-13(20)17-11-9(12(18)19)4-7(14)5-10(11)15/h4-6,8H,2-3H2,1H3,(H,18,19)(H2,16,17,20). The molecule has 1 fully saturated rings. The molecule has 0 unspecified atom stereocenters. The molecular weight excluding hydrogens is 303 g/mol. The van der Waals surface area contributed by atoms with Gasteiger partial charge < -0.3 is 15.7 Å². The Balaban J connectivity index is 2.12. The van der Waals surface area contributed by atoms with E-state index < -0.39 is 12.0 Å². The molecule has 0 spiro atoms. The molecule has 108 valence electrons. The number of hydrogen-bond acceptors (Lipinski definition) is 2. The molecule has 0 aromatic heterocycles. The van der Waals surface area contributed by atoms with E-state index in [0.717, 1.165) is 12.8 Å². The molecular formula is C13H14Cl2N2O3. The second-order valence-electron chi connectivity index (χ2n) is 4.99. The van der Waals surface area contributed by atoms with E-state index in [1.54, 1.807) is 0 Å². The van der Waals surface area contributed by atoms with Gasteiger partial charge in [0.05, 0.1) is 16.3 Å². The average Bonchev–Trinajstić information content (AvgIpc) is 2.30. The van der Waals surface area contributed by atoms with Crippen LogP contribution in [0.2, 0.25) is 10.0 Å². The van der Waals surface area contributed by atoms with E-state index in [1.165, 1.54) is 12.1 Å². The van der Waals surface area contributed by atoms with Crippen LogP contribution in [0.5, 0.6) is 0 Å². The number of nitrogens with one attached hydrogen (secondary N) is 2. The molecule has 20 heavy (non-hydrogen) atoms. The number of benzene rings is 1. The summed E-state index contributed by atoms with van der Waals surface area (Å²) in [6.07, 6.45) is 1.85. The summed E-state index contributed by atoms with van der Waals surface area (Å²) in [7, 11) is 0. The summed E-state index contributed by atoms with van der Waals surface area (Å²) in [5.41, 5.74) is -0.0898. The lowest BCUT2D eigenvalue weighted by Crippen LogP contribution is -2.45. The van der Waals surface area contributed by atoms with Crippen LogP contribution in [-0.2, 0) is 0 Å². The molecule has 5 nitrogen and oxygen atoms in total. The van der Waals surface area contributed by atoms with Gasteiger partial charge in [0.15, 0.2) is 0 Å². The first-order valence-corrected chi connectivity index (χ1v) is 6.92. The molecule has 0 aliphatic heterocycles. The van der Waals surface area contributed by atoms with Crippen LogP contribution in [0.4, 0.5) is 10.5 Å². The Morgan fingerprint density at radius 2 is 1.95 bits per heavy atom. The van der Waals surface area contributed by atoms with Crippen molar-refractivity contribution in [1.82, 2.24) is 5.32 Å². The number of rotatable bonds is 3. The normalized spacial score (nSPS) is 20.9. The molecule has 1 aliphatic rings. The number of anilines is 1. The summed E-state index contributed by atoms with van der Waals surface area (Å²) in [6, 6.07) is 2.30. The highest BCUT2D eigenvalue weighted by Crippen LogP contribution is 2.31. The van der Waals surface area contributed by atoms with E-state index in [9.17, 15) is 9.59 Å². The van der Waals surface area contributed by atoms with Crippen LogP contribution < -0.4 is 10.6 Å². The number of carboxylic acids is 1. The van der Waals surface area contributed by atoms with Crippen LogP contribution in [0.25, 0.3) is 0 Å². The van der Waals surface area contributed by atoms with Crippen LogP contribution in [-0.4, -0.2) is 23.1 Å². The van der Waals surface area contributed by atoms with E-state index in [0.29, 0.717) is 5.92 Å². The average molecular weight is 317 g/mol. The first-order valence-electron chi connectivity index (χ1n) is 6.16. The minimum absolute atomic E-state index is 0.0495. The molecule has 2 amide bonds. The van der Waals surface area contributed by atoms with E-state index in [4.69, 9.17) is 28.3 Å². The summed E-state index contributed by atoms with van der Waals surface area (Å²) in [5, 5.41) is 14.7. The van der Waals surface area contributed by atoms with Crippen LogP contribution in [0, 0.1) is 5.92 Å². The first-order chi connectivity index (χ1) is 9.36. The zero-order valence-electron chi connectivity index (χ0n) is 10.7. The fourth-order valence-corrected chi connectivity index (χ4v) is 2.77. The zero-order valence-corrected chi connectivity index (χ0v) is 12.3. The van der Waals surface area contributed by atoms with Gasteiger partial charge in [-0.25, -0.2) is 9.59 Å². The molecule has 0 radical (unpaired) electrons. The van der Waals surface area contributed by atoms with Gasteiger partial charge in [-0.1, -0.05) is 30.1 Å². The van der Waals surface area contributed by atoms with E-state index in [1.807, 2.05) is 0 Å². The Hall–Kier alpha value is -1.46. The number of halogens is 2. The number of hydrogen-bond donors (Lipinski definition) is 3. The predicted octanol–water partition coefficient (Wildman–Crippen LogP) is 3.61. The van der Waals surface area contributed by atoms with Crippen LogP contribution in [0.3, 0.4) is 0 Å². The van der Waals surface area contributed by atoms with Crippen LogP contribution in [0.1, 0.15) is 30.1 Å². The molecule has 1 saturated carbocycles. The van der Waals surface area contributed by atoms with Crippen molar-refractivity contribution in [3.63, 3.8) is 0 Å². The monoisotopic (exact) mass is 316 g/mol. The Morgan fingerprint density at radius 3 is 2.50 bits per heavy atom. The highest BCUT2D eigenvalue weighted by molar-refractivity contribution is 6.37. The Kier molecular flexibility index (Phi) is 4.40. The maximum Gasteiger partial charge on any atom is 0.337 e. The first kappa shape index (κ1) is 14.9. The van der Waals surface area contributed by atoms with Crippen molar-refractivity contribution in [1.29, 1.82) is 0 Å². The number of carboxylic acid groups (broad SMARTS) is 1. The van der Waals surface area contributed by atoms with Crippen molar-refractivity contribution in [3.8, 4) is 0 Å². The number of carbonyl (C=O) groups excluding carboxylic acids is 1. The summed E-state index contributed by atoms with van der Waals surface area (Å²) in [4.78, 5) is 23.0. The van der Waals surface area contributed by atoms with Gasteiger partial charge in [-0.3, -0.25) is 0 Å². The maximum atomic E-state index is 11.8. The minimum Gasteiger partial charge on any atom is -0.478 e. The Labute approximate surface area is 126 Å². The fraction of sp³-hybridized carbons (Fsp3) is 0.385. The lowest BCUT2D eigenvalue weighted by molar-refractivity contribution is 0.0698. The molecule has 2 rings (SSSR count). The van der Waals surface area contributed by atoms with Crippen molar-refractivity contribution in [3.05, 3.63) is 27.7 Å². The fourth-order valence-electron chi connectivity index (χ4n) is 2.22. The molecule has 3 N–H and O–H groups in total. The van der Waals surface area contributed by atoms with Gasteiger partial charge in [0, 0.05) is 11.1 Å². The molecule has 1 aromatic rings. The van der Waals surface area contributed by atoms with Crippen molar-refractivity contribution in [2.24, 2.45) is 5.92 Å². The van der Waals surface area contributed by atoms with Crippen molar-refractivity contribution < 1.29 is 14.7 Å². The molecule has 0 saturated heterocycles. The zero-order chi connectivity index (χ0) is 14.9. The van der Waals surface area contributed by atoms with Gasteiger partial charge >= 0.3 is 12.0 Å². The van der Waals surface area contributed by atoms with Gasteiger partial charge in [-0.2, -0.15) is 0 Å². The largest absolute Gasteiger partial charge is 0.478 e. The molecule has 0 atom stereocenters. The third kappa shape index (κ3) is 3.35. The topological polar surface area (TPSA) is 78.4 Å². The minimum atomic E-state index is -1.21. The molecule has 1 aromatic carbocycles. The number of urea groups is 1. The number of aromatic carboxylic acids is 1. The lowest BCUT2D eigenvalue weighted by atomic mass is 9.82. The Bertz CT molecular complexity index is 557. The third-order valence-electron chi connectivity index (χ3n) is 3.23. The van der Waals surface area contributed by atoms with Crippen molar-refractivity contribution >= 4 is 40.9 Å². The maximum absolute atomic E-state index is 11.8. The number of carbonyl (C=O) groups is 2. The predicted molar refractivity (Wildman–Crippen MR) is 77.8 cm³/mol. The highest BCUT2D eigenvalue weighted by Gasteiger charge is 2.27. The van der Waals surface area contributed by atoms with E-state index in [-0.39, 0.29) is 27.3 Å². The van der Waals surface area contributed by atoms with Gasteiger partial charge in [0.1, 0.15) is 0 Å². The SMILES string of the molecule is CC1CC(NC(=O)Nc2c(Cl)cc(Cl)cc2C(=O)O)C1. The highest BCUT2D eigenvalue weighted by atomic mass is 35.5. The summed E-state index contributed by atoms with van der Waals surface area (Å²) < 4.78 is 0. The molecule has 1 aliphatic carbocycles. The van der Waals surface area contributed by atoms with Gasteiger partial charge in [0.25, 0.3) is 0 Å². The quantitative estimate of drug-likeness (QED) is 0.797. The Morgan fingerprint density at radius 1 is 1.30 bits per heavy atom. The summed E-state index contributed by atoms with van der Waals surface area (Å²) in [5.74, 6) is -0.601. The van der Waals surface area contributed by atoms with Gasteiger partial charge in [-0.15, -0.1) is 0 Å². The lowest BCUT2D eigenvalue weighted by Gasteiger charge is -2.33. The van der Waals surface area contributed by atoms with Gasteiger partial charge in [0.2, 0.25) is 0 Å². The molecule has 7 heteroatoms. The van der Waals surface area contributed by atoms with Gasteiger partial charge in [-0.05, 0) is 30.9 Å². The van der Waals surface area contributed by atoms with E-state index in [2.05, 4.69) is 17.6 Å². The second-order valence-corrected chi connectivity index (χ2v) is 5.83. The van der Waals surface area contributed by atoms with E-state index >= 15 is 0 Å². The summed E-state index contributed by atoms with van der Waals surface area (Å²) in [6.45, 7) is 2.11. The molecule has 0 bridgehead atoms. The second kappa shape index (κ2) is 5.89. The van der Waals surface area contributed by atoms with Crippen molar-refractivity contribution in [2.75, 3.05) is 5.32 Å². The van der Waals surface area contributed by atoms with Crippen molar-refractivity contribution in [2.45, 2.75) is 25.8 Å². The third-order valence-corrected chi connectivity index (χ3v) is 3.75. The number of amides is 2. The van der Waals surface area contributed by atoms with Crippen LogP contribution >= 0.6 is 23.2 Å². The summed E-state index contributed by atoms with van der Waals surface area (Å²) >= 11 is 11.7. The smallest absolute Gasteiger partial charge is 0.337 e. The molecule has 0 heterocycles.